The van der Waals surface area contributed by atoms with Crippen molar-refractivity contribution in [2.45, 2.75) is 25.4 Å². The van der Waals surface area contributed by atoms with Crippen molar-refractivity contribution in [3.63, 3.8) is 0 Å². The normalized spacial score (nSPS) is 15.4. The van der Waals surface area contributed by atoms with Gasteiger partial charge in [0.2, 0.25) is 11.9 Å². The predicted octanol–water partition coefficient (Wildman–Crippen LogP) is 5.61. The van der Waals surface area contributed by atoms with Gasteiger partial charge < -0.3 is 29.3 Å². The molecular weight excluding hydrogens is 633 g/mol. The number of benzene rings is 2. The molecule has 0 atom stereocenters. The summed E-state index contributed by atoms with van der Waals surface area (Å²) in [6.45, 7) is 1.73. The number of anilines is 4. The number of halogens is 2. The lowest BCUT2D eigenvalue weighted by Gasteiger charge is -2.43. The van der Waals surface area contributed by atoms with E-state index in [9.17, 15) is 9.59 Å². The van der Waals surface area contributed by atoms with Gasteiger partial charge in [0, 0.05) is 61.3 Å². The Hall–Kier alpha value is -4.26. The first-order chi connectivity index (χ1) is 22.1. The van der Waals surface area contributed by atoms with Crippen LogP contribution in [0.4, 0.5) is 27.9 Å². The Morgan fingerprint density at radius 3 is 2.39 bits per heavy atom. The quantitative estimate of drug-likeness (QED) is 0.275. The molecule has 0 unspecified atom stereocenters. The number of methoxy groups -OCH3 is 3. The lowest BCUT2D eigenvalue weighted by atomic mass is 10.0. The summed E-state index contributed by atoms with van der Waals surface area (Å²) in [5, 5.41) is 3.56. The zero-order chi connectivity index (χ0) is 33.0. The summed E-state index contributed by atoms with van der Waals surface area (Å²) in [4.78, 5) is 43.7. The van der Waals surface area contributed by atoms with Crippen LogP contribution in [-0.2, 0) is 11.3 Å². The highest BCUT2D eigenvalue weighted by molar-refractivity contribution is 6.42. The average molecular weight is 671 g/mol. The van der Waals surface area contributed by atoms with Crippen molar-refractivity contribution in [2.75, 3.05) is 70.2 Å². The first-order valence-corrected chi connectivity index (χ1v) is 15.5. The number of rotatable bonds is 10. The van der Waals surface area contributed by atoms with E-state index >= 15 is 0 Å². The number of ether oxygens (including phenoxy) is 3. The number of hydrogen-bond donors (Lipinski definition) is 1. The number of amides is 3. The standard InChI is InChI=1S/C32H37Cl2N7O5/c1-38(2)13-7-10-26(42)39-14-11-22(12-15-39)41-30-20(18-35-31(37-30)36-21-8-6-9-23(16-21)44-3)19-40(32(41)43)29-27(33)24(45-4)17-25(46-5)28(29)34/h6-10,16-18,22H,11-15,19H2,1-5H3,(H,35,36,37)/b10-7+. The van der Waals surface area contributed by atoms with Gasteiger partial charge >= 0.3 is 6.03 Å². The number of aromatic nitrogens is 2. The van der Waals surface area contributed by atoms with Crippen molar-refractivity contribution in [2.24, 2.45) is 0 Å². The SMILES string of the molecule is COc1cccc(Nc2ncc3c(n2)N(C2CCN(C(=O)/C=C/CN(C)C)CC2)C(=O)N(c2c(Cl)c(OC)cc(OC)c2Cl)C3)c1. The lowest BCUT2D eigenvalue weighted by Crippen LogP contribution is -2.55. The highest BCUT2D eigenvalue weighted by Crippen LogP contribution is 2.48. The van der Waals surface area contributed by atoms with Crippen LogP contribution in [0.5, 0.6) is 17.2 Å². The van der Waals surface area contributed by atoms with Crippen molar-refractivity contribution in [3.8, 4) is 17.2 Å². The monoisotopic (exact) mass is 669 g/mol. The van der Waals surface area contributed by atoms with Gasteiger partial charge in [0.15, 0.2) is 0 Å². The number of hydrogen-bond acceptors (Lipinski definition) is 9. The third kappa shape index (κ3) is 6.93. The Labute approximate surface area is 278 Å². The number of carbonyl (C=O) groups is 2. The van der Waals surface area contributed by atoms with Crippen molar-refractivity contribution in [1.82, 2.24) is 19.8 Å². The number of fused-ring (bicyclic) bond motifs is 1. The third-order valence-corrected chi connectivity index (χ3v) is 8.58. The van der Waals surface area contributed by atoms with E-state index in [0.29, 0.717) is 67.1 Å². The fourth-order valence-corrected chi connectivity index (χ4v) is 6.20. The highest BCUT2D eigenvalue weighted by atomic mass is 35.5. The average Bonchev–Trinajstić information content (AvgIpc) is 3.05. The zero-order valence-electron chi connectivity index (χ0n) is 26.4. The molecule has 0 bridgehead atoms. The van der Waals surface area contributed by atoms with E-state index in [1.54, 1.807) is 35.2 Å². The smallest absolute Gasteiger partial charge is 0.330 e. The second-order valence-electron chi connectivity index (χ2n) is 11.1. The van der Waals surface area contributed by atoms with Gasteiger partial charge in [-0.1, -0.05) is 35.3 Å². The van der Waals surface area contributed by atoms with Crippen molar-refractivity contribution >= 4 is 58.3 Å². The number of carbonyl (C=O) groups excluding carboxylic acids is 2. The number of urea groups is 1. The molecule has 0 spiro atoms. The van der Waals surface area contributed by atoms with E-state index in [0.717, 1.165) is 5.69 Å². The molecule has 46 heavy (non-hydrogen) atoms. The Balaban J connectivity index is 1.50. The largest absolute Gasteiger partial charge is 0.497 e. The van der Waals surface area contributed by atoms with Gasteiger partial charge in [-0.25, -0.2) is 9.78 Å². The van der Waals surface area contributed by atoms with Crippen LogP contribution in [0, 0.1) is 0 Å². The van der Waals surface area contributed by atoms with Crippen molar-refractivity contribution in [3.05, 3.63) is 64.3 Å². The van der Waals surface area contributed by atoms with Gasteiger partial charge in [-0.2, -0.15) is 4.98 Å². The Bertz CT molecular complexity index is 1600. The van der Waals surface area contributed by atoms with Crippen LogP contribution in [0.1, 0.15) is 18.4 Å². The van der Waals surface area contributed by atoms with Crippen LogP contribution in [0.2, 0.25) is 10.0 Å². The maximum absolute atomic E-state index is 14.5. The molecule has 5 rings (SSSR count). The minimum absolute atomic E-state index is 0.0542. The first kappa shape index (κ1) is 33.1. The van der Waals surface area contributed by atoms with Crippen molar-refractivity contribution < 1.29 is 23.8 Å². The fraction of sp³-hybridized carbons (Fsp3) is 0.375. The molecule has 244 valence electrons. The number of piperidine rings is 1. The Morgan fingerprint density at radius 1 is 1.07 bits per heavy atom. The number of nitrogens with one attached hydrogen (secondary N) is 1. The molecule has 0 saturated carbocycles. The van der Waals surface area contributed by atoms with Crippen LogP contribution < -0.4 is 29.3 Å². The minimum Gasteiger partial charge on any atom is -0.497 e. The van der Waals surface area contributed by atoms with E-state index in [2.05, 4.69) is 10.3 Å². The second kappa shape index (κ2) is 14.4. The Kier molecular flexibility index (Phi) is 10.4. The van der Waals surface area contributed by atoms with Gasteiger partial charge in [0.25, 0.3) is 0 Å². The molecule has 3 heterocycles. The van der Waals surface area contributed by atoms with Crippen molar-refractivity contribution in [1.29, 1.82) is 0 Å². The lowest BCUT2D eigenvalue weighted by molar-refractivity contribution is -0.127. The van der Waals surface area contributed by atoms with E-state index in [-0.39, 0.29) is 40.3 Å². The molecule has 1 aromatic heterocycles. The van der Waals surface area contributed by atoms with Crippen LogP contribution >= 0.6 is 23.2 Å². The summed E-state index contributed by atoms with van der Waals surface area (Å²) in [5.41, 5.74) is 1.68. The molecule has 1 saturated heterocycles. The summed E-state index contributed by atoms with van der Waals surface area (Å²) in [6, 6.07) is 8.33. The molecule has 14 heteroatoms. The fourth-order valence-electron chi connectivity index (χ4n) is 5.49. The molecule has 1 fully saturated rings. The molecule has 12 nitrogen and oxygen atoms in total. The summed E-state index contributed by atoms with van der Waals surface area (Å²) < 4.78 is 16.3. The van der Waals surface area contributed by atoms with E-state index in [4.69, 9.17) is 42.4 Å². The van der Waals surface area contributed by atoms with Gasteiger partial charge in [0.05, 0.1) is 33.6 Å². The maximum Gasteiger partial charge on any atom is 0.330 e. The molecule has 2 aliphatic heterocycles. The van der Waals surface area contributed by atoms with Gasteiger partial charge in [-0.3, -0.25) is 14.6 Å². The summed E-state index contributed by atoms with van der Waals surface area (Å²) >= 11 is 13.6. The van der Waals surface area contributed by atoms with Crippen LogP contribution in [0.3, 0.4) is 0 Å². The Morgan fingerprint density at radius 2 is 1.76 bits per heavy atom. The van der Waals surface area contributed by atoms with E-state index in [1.807, 2.05) is 49.3 Å². The van der Waals surface area contributed by atoms with Crippen LogP contribution in [-0.4, -0.2) is 92.8 Å². The molecule has 0 aliphatic carbocycles. The minimum atomic E-state index is -0.367. The first-order valence-electron chi connectivity index (χ1n) is 14.7. The van der Waals surface area contributed by atoms with Crippen LogP contribution in [0.25, 0.3) is 0 Å². The predicted molar refractivity (Wildman–Crippen MR) is 179 cm³/mol. The topological polar surface area (TPSA) is 113 Å². The molecule has 2 aliphatic rings. The summed E-state index contributed by atoms with van der Waals surface area (Å²) in [5.74, 6) is 2.03. The molecule has 0 radical (unpaired) electrons. The molecular formula is C32H37Cl2N7O5. The van der Waals surface area contributed by atoms with E-state index in [1.165, 1.54) is 19.1 Å². The molecule has 3 aromatic rings. The summed E-state index contributed by atoms with van der Waals surface area (Å²) in [7, 11) is 8.44. The maximum atomic E-state index is 14.5. The number of nitrogens with zero attached hydrogens (tertiary/aromatic N) is 6. The number of likely N-dealkylation sites (N-methyl/N-ethyl adjacent to an activating group) is 1. The van der Waals surface area contributed by atoms with Crippen LogP contribution in [0.15, 0.2) is 48.7 Å². The van der Waals surface area contributed by atoms with Gasteiger partial charge in [0.1, 0.15) is 33.1 Å². The number of likely N-dealkylation sites (tertiary alicyclic amines) is 1. The molecule has 2 aromatic carbocycles. The van der Waals surface area contributed by atoms with E-state index < -0.39 is 0 Å². The highest BCUT2D eigenvalue weighted by Gasteiger charge is 2.41. The third-order valence-electron chi connectivity index (χ3n) is 7.85. The summed E-state index contributed by atoms with van der Waals surface area (Å²) in [6.07, 6.45) is 6.22. The van der Waals surface area contributed by atoms with Gasteiger partial charge in [-0.15, -0.1) is 0 Å². The molecule has 1 N–H and O–H groups in total. The molecule has 3 amide bonds. The second-order valence-corrected chi connectivity index (χ2v) is 11.9. The zero-order valence-corrected chi connectivity index (χ0v) is 27.9. The van der Waals surface area contributed by atoms with Gasteiger partial charge in [-0.05, 0) is 39.1 Å².